The third-order valence-corrected chi connectivity index (χ3v) is 7.17. The molecule has 0 radical (unpaired) electrons. The van der Waals surface area contributed by atoms with Crippen LogP contribution in [-0.2, 0) is 10.0 Å². The molecule has 11 nitrogen and oxygen atoms in total. The summed E-state index contributed by atoms with van der Waals surface area (Å²) in [6.07, 6.45) is 5.13. The molecular weight excluding hydrogens is 448 g/mol. The number of aromatic nitrogens is 5. The molecule has 1 saturated carbocycles. The SMILES string of the molecule is CCOc1ccc(S(=O)(=O)NCCCCO)cc1-c1nn2c(C3CCCC3)nnc2c(=O)[nH]1. The number of nitrogens with zero attached hydrogens (tertiary/aromatic N) is 4. The molecule has 1 aliphatic rings. The van der Waals surface area contributed by atoms with Crippen LogP contribution in [0.15, 0.2) is 27.9 Å². The molecule has 1 fully saturated rings. The zero-order chi connectivity index (χ0) is 23.4. The molecule has 3 aromatic rings. The number of rotatable bonds is 10. The van der Waals surface area contributed by atoms with Gasteiger partial charge in [0.05, 0.1) is 17.1 Å². The first-order valence-electron chi connectivity index (χ1n) is 11.2. The Hall–Kier alpha value is -2.83. The van der Waals surface area contributed by atoms with E-state index in [9.17, 15) is 13.2 Å². The number of sulfonamides is 1. The van der Waals surface area contributed by atoms with E-state index in [-0.39, 0.29) is 35.4 Å². The van der Waals surface area contributed by atoms with E-state index in [0.717, 1.165) is 25.7 Å². The average Bonchev–Trinajstić information content (AvgIpc) is 3.47. The van der Waals surface area contributed by atoms with Gasteiger partial charge in [-0.1, -0.05) is 12.8 Å². The third kappa shape index (κ3) is 4.92. The molecule has 2 heterocycles. The van der Waals surface area contributed by atoms with Gasteiger partial charge in [0.25, 0.3) is 5.56 Å². The normalized spacial score (nSPS) is 14.8. The van der Waals surface area contributed by atoms with Gasteiger partial charge in [-0.2, -0.15) is 4.52 Å². The topological polar surface area (TPSA) is 152 Å². The van der Waals surface area contributed by atoms with Gasteiger partial charge in [0, 0.05) is 19.1 Å². The van der Waals surface area contributed by atoms with Crippen molar-refractivity contribution in [3.63, 3.8) is 0 Å². The largest absolute Gasteiger partial charge is 0.493 e. The van der Waals surface area contributed by atoms with Gasteiger partial charge >= 0.3 is 0 Å². The summed E-state index contributed by atoms with van der Waals surface area (Å²) in [5.41, 5.74) is -0.0114. The molecule has 0 unspecified atom stereocenters. The fourth-order valence-corrected chi connectivity index (χ4v) is 5.15. The monoisotopic (exact) mass is 476 g/mol. The van der Waals surface area contributed by atoms with E-state index < -0.39 is 15.6 Å². The van der Waals surface area contributed by atoms with E-state index in [1.165, 1.54) is 16.6 Å². The number of fused-ring (bicyclic) bond motifs is 1. The molecular formula is C21H28N6O5S. The summed E-state index contributed by atoms with van der Waals surface area (Å²) in [4.78, 5) is 15.5. The van der Waals surface area contributed by atoms with Crippen LogP contribution in [-0.4, -0.2) is 58.1 Å². The number of benzene rings is 1. The van der Waals surface area contributed by atoms with Crippen LogP contribution in [0.3, 0.4) is 0 Å². The minimum atomic E-state index is -3.80. The highest BCUT2D eigenvalue weighted by molar-refractivity contribution is 7.89. The number of hydrogen-bond acceptors (Lipinski definition) is 8. The molecule has 0 atom stereocenters. The highest BCUT2D eigenvalue weighted by Crippen LogP contribution is 2.33. The summed E-state index contributed by atoms with van der Waals surface area (Å²) < 4.78 is 35.2. The Bertz CT molecular complexity index is 1280. The van der Waals surface area contributed by atoms with Gasteiger partial charge in [-0.05, 0) is 50.8 Å². The predicted molar refractivity (Wildman–Crippen MR) is 121 cm³/mol. The Balaban J connectivity index is 1.77. The third-order valence-electron chi connectivity index (χ3n) is 5.71. The van der Waals surface area contributed by atoms with Gasteiger partial charge in [0.1, 0.15) is 5.75 Å². The minimum Gasteiger partial charge on any atom is -0.493 e. The van der Waals surface area contributed by atoms with E-state index in [1.54, 1.807) is 6.07 Å². The fourth-order valence-electron chi connectivity index (χ4n) is 4.05. The lowest BCUT2D eigenvalue weighted by atomic mass is 10.1. The Morgan fingerprint density at radius 3 is 2.76 bits per heavy atom. The second kappa shape index (κ2) is 9.98. The number of ether oxygens (including phenoxy) is 1. The first-order chi connectivity index (χ1) is 15.9. The van der Waals surface area contributed by atoms with Crippen LogP contribution in [0.5, 0.6) is 5.75 Å². The quantitative estimate of drug-likeness (QED) is 0.373. The van der Waals surface area contributed by atoms with Crippen molar-refractivity contribution in [2.75, 3.05) is 19.8 Å². The lowest BCUT2D eigenvalue weighted by Crippen LogP contribution is -2.25. The van der Waals surface area contributed by atoms with Crippen LogP contribution in [0, 0.1) is 0 Å². The first kappa shape index (κ1) is 23.3. The highest BCUT2D eigenvalue weighted by atomic mass is 32.2. The first-order valence-corrected chi connectivity index (χ1v) is 12.7. The summed E-state index contributed by atoms with van der Waals surface area (Å²) in [6.45, 7) is 2.37. The summed E-state index contributed by atoms with van der Waals surface area (Å²) in [6, 6.07) is 4.43. The van der Waals surface area contributed by atoms with Crippen molar-refractivity contribution in [3.8, 4) is 17.1 Å². The lowest BCUT2D eigenvalue weighted by Gasteiger charge is -2.13. The van der Waals surface area contributed by atoms with Crippen molar-refractivity contribution in [2.45, 2.75) is 56.3 Å². The van der Waals surface area contributed by atoms with Crippen molar-refractivity contribution >= 4 is 15.7 Å². The molecule has 1 aromatic carbocycles. The molecule has 2 aromatic heterocycles. The Morgan fingerprint density at radius 1 is 1.24 bits per heavy atom. The number of aliphatic hydroxyl groups is 1. The summed E-state index contributed by atoms with van der Waals surface area (Å²) >= 11 is 0. The maximum absolute atomic E-state index is 12.8. The second-order valence-corrected chi connectivity index (χ2v) is 9.76. The number of hydrogen-bond donors (Lipinski definition) is 3. The molecule has 4 rings (SSSR count). The molecule has 0 spiro atoms. The number of nitrogens with one attached hydrogen (secondary N) is 2. The predicted octanol–water partition coefficient (Wildman–Crippen LogP) is 1.59. The highest BCUT2D eigenvalue weighted by Gasteiger charge is 2.25. The van der Waals surface area contributed by atoms with Crippen LogP contribution in [0.4, 0.5) is 0 Å². The average molecular weight is 477 g/mol. The van der Waals surface area contributed by atoms with Crippen LogP contribution < -0.4 is 15.0 Å². The van der Waals surface area contributed by atoms with E-state index in [0.29, 0.717) is 36.6 Å². The smallest absolute Gasteiger partial charge is 0.296 e. The molecule has 33 heavy (non-hydrogen) atoms. The van der Waals surface area contributed by atoms with Crippen LogP contribution in [0.2, 0.25) is 0 Å². The van der Waals surface area contributed by atoms with Gasteiger partial charge in [-0.3, -0.25) is 4.79 Å². The second-order valence-electron chi connectivity index (χ2n) is 8.00. The van der Waals surface area contributed by atoms with Crippen LogP contribution in [0.1, 0.15) is 57.2 Å². The van der Waals surface area contributed by atoms with E-state index in [2.05, 4.69) is 25.0 Å². The standard InChI is InChI=1S/C21H28N6O5S/c1-2-32-17-10-9-15(33(30,31)22-11-5-6-12-28)13-16(17)18-23-21(29)20-25-24-19(27(20)26-18)14-7-3-4-8-14/h9-10,13-14,22,28H,2-8,11-12H2,1H3,(H,23,26,29). The van der Waals surface area contributed by atoms with Gasteiger partial charge in [-0.15, -0.1) is 15.3 Å². The molecule has 3 N–H and O–H groups in total. The van der Waals surface area contributed by atoms with E-state index in [1.807, 2.05) is 6.92 Å². The van der Waals surface area contributed by atoms with Crippen LogP contribution >= 0.6 is 0 Å². The van der Waals surface area contributed by atoms with Crippen LogP contribution in [0.25, 0.3) is 17.0 Å². The summed E-state index contributed by atoms with van der Waals surface area (Å²) in [5, 5.41) is 21.7. The summed E-state index contributed by atoms with van der Waals surface area (Å²) in [5.74, 6) is 1.40. The Labute approximate surface area is 191 Å². The lowest BCUT2D eigenvalue weighted by molar-refractivity contribution is 0.285. The maximum Gasteiger partial charge on any atom is 0.296 e. The van der Waals surface area contributed by atoms with Gasteiger partial charge in [-0.25, -0.2) is 13.1 Å². The summed E-state index contributed by atoms with van der Waals surface area (Å²) in [7, 11) is -3.80. The zero-order valence-corrected chi connectivity index (χ0v) is 19.3. The maximum atomic E-state index is 12.8. The number of aliphatic hydroxyl groups excluding tert-OH is 1. The molecule has 0 aliphatic heterocycles. The van der Waals surface area contributed by atoms with Crippen molar-refractivity contribution in [1.82, 2.24) is 29.5 Å². The number of aromatic amines is 1. The van der Waals surface area contributed by atoms with Gasteiger partial charge in [0.2, 0.25) is 15.7 Å². The minimum absolute atomic E-state index is 0.00237. The zero-order valence-electron chi connectivity index (χ0n) is 18.5. The van der Waals surface area contributed by atoms with Crippen molar-refractivity contribution in [3.05, 3.63) is 34.4 Å². The van der Waals surface area contributed by atoms with Crippen molar-refractivity contribution < 1.29 is 18.3 Å². The molecule has 0 saturated heterocycles. The van der Waals surface area contributed by atoms with E-state index in [4.69, 9.17) is 9.84 Å². The van der Waals surface area contributed by atoms with Crippen molar-refractivity contribution in [2.24, 2.45) is 0 Å². The van der Waals surface area contributed by atoms with Gasteiger partial charge < -0.3 is 14.8 Å². The molecule has 0 amide bonds. The molecule has 178 valence electrons. The van der Waals surface area contributed by atoms with Crippen molar-refractivity contribution in [1.29, 1.82) is 0 Å². The number of H-pyrrole nitrogens is 1. The fraction of sp³-hybridized carbons (Fsp3) is 0.524. The Morgan fingerprint density at radius 2 is 2.03 bits per heavy atom. The van der Waals surface area contributed by atoms with E-state index >= 15 is 0 Å². The molecule has 1 aliphatic carbocycles. The van der Waals surface area contributed by atoms with Gasteiger partial charge in [0.15, 0.2) is 11.6 Å². The molecule has 0 bridgehead atoms. The molecule has 12 heteroatoms. The Kier molecular flexibility index (Phi) is 7.05. The number of unbranched alkanes of at least 4 members (excludes halogenated alkanes) is 1.